The second kappa shape index (κ2) is 9.19. The van der Waals surface area contributed by atoms with E-state index >= 15 is 0 Å². The van der Waals surface area contributed by atoms with Gasteiger partial charge in [-0.05, 0) is 87.5 Å². The monoisotopic (exact) mass is 516 g/mol. The molecule has 37 heavy (non-hydrogen) atoms. The summed E-state index contributed by atoms with van der Waals surface area (Å²) in [6.07, 6.45) is 8.33. The van der Waals surface area contributed by atoms with Crippen LogP contribution in [0.3, 0.4) is 0 Å². The van der Waals surface area contributed by atoms with Crippen LogP contribution in [0.5, 0.6) is 0 Å². The predicted molar refractivity (Wildman–Crippen MR) is 134 cm³/mol. The number of likely N-dealkylation sites (tertiary alicyclic amines) is 1. The molecule has 0 radical (unpaired) electrons. The van der Waals surface area contributed by atoms with E-state index in [0.29, 0.717) is 24.2 Å². The summed E-state index contributed by atoms with van der Waals surface area (Å²) in [5.41, 5.74) is 0.673. The van der Waals surface area contributed by atoms with Crippen molar-refractivity contribution < 1.29 is 34.5 Å². The van der Waals surface area contributed by atoms with Crippen LogP contribution in [0.25, 0.3) is 0 Å². The minimum Gasteiger partial charge on any atom is -0.480 e. The minimum atomic E-state index is -1.20. The van der Waals surface area contributed by atoms with E-state index in [1.54, 1.807) is 6.92 Å². The highest BCUT2D eigenvalue weighted by molar-refractivity contribution is 5.96. The number of aliphatic hydroxyl groups is 2. The van der Waals surface area contributed by atoms with Crippen molar-refractivity contribution in [2.24, 2.45) is 33.7 Å². The van der Waals surface area contributed by atoms with Gasteiger partial charge in [-0.1, -0.05) is 24.6 Å². The maximum absolute atomic E-state index is 12.5. The molecule has 0 spiro atoms. The summed E-state index contributed by atoms with van der Waals surface area (Å²) in [6.45, 7) is 5.67. The average molecular weight is 517 g/mol. The number of β-amino-alcohol motifs (C(OH)–C–C–N with tert-alkyl or cyclic N) is 1. The van der Waals surface area contributed by atoms with Gasteiger partial charge in [0.2, 0.25) is 0 Å². The van der Waals surface area contributed by atoms with E-state index in [-0.39, 0.29) is 36.2 Å². The van der Waals surface area contributed by atoms with E-state index in [1.165, 1.54) is 5.57 Å². The molecule has 0 aromatic rings. The molecule has 0 aromatic heterocycles. The molecule has 5 aliphatic rings. The van der Waals surface area contributed by atoms with Crippen molar-refractivity contribution in [3.63, 3.8) is 0 Å². The second-order valence-electron chi connectivity index (χ2n) is 12.6. The number of rotatable bonds is 5. The molecular formula is C28H40N2O7. The molecule has 0 bridgehead atoms. The quantitative estimate of drug-likeness (QED) is 0.478. The van der Waals surface area contributed by atoms with Crippen LogP contribution in [0.2, 0.25) is 0 Å². The fraction of sp³-hybridized carbons (Fsp3) is 0.786. The molecule has 9 nitrogen and oxygen atoms in total. The summed E-state index contributed by atoms with van der Waals surface area (Å²) < 4.78 is 0. The van der Waals surface area contributed by atoms with Crippen molar-refractivity contribution >= 4 is 23.4 Å². The molecule has 1 heterocycles. The van der Waals surface area contributed by atoms with Crippen LogP contribution < -0.4 is 0 Å². The van der Waals surface area contributed by atoms with Crippen molar-refractivity contribution in [3.8, 4) is 0 Å². The largest absolute Gasteiger partial charge is 0.480 e. The Kier molecular flexibility index (Phi) is 6.54. The molecule has 4 fully saturated rings. The lowest BCUT2D eigenvalue weighted by Gasteiger charge is -2.59. The van der Waals surface area contributed by atoms with Crippen LogP contribution >= 0.6 is 0 Å². The number of aliphatic carboxylic acids is 1. The number of Topliss-reactive ketones (excluding diaryl/α,β-unsaturated/α-hetero) is 1. The predicted octanol–water partition coefficient (Wildman–Crippen LogP) is 2.69. The molecule has 1 aliphatic heterocycles. The van der Waals surface area contributed by atoms with Crippen molar-refractivity contribution in [1.82, 2.24) is 4.90 Å². The molecule has 1 saturated heterocycles. The molecule has 3 saturated carbocycles. The Labute approximate surface area is 217 Å². The Morgan fingerprint density at radius 3 is 2.54 bits per heavy atom. The summed E-state index contributed by atoms with van der Waals surface area (Å²) in [5.74, 6) is -0.334. The number of nitrogens with zero attached hydrogens (tertiary/aromatic N) is 2. The van der Waals surface area contributed by atoms with Crippen LogP contribution in [0, 0.1) is 28.6 Å². The van der Waals surface area contributed by atoms with E-state index < -0.39 is 29.6 Å². The van der Waals surface area contributed by atoms with E-state index in [1.807, 2.05) is 0 Å². The fourth-order valence-corrected chi connectivity index (χ4v) is 8.81. The van der Waals surface area contributed by atoms with Crippen molar-refractivity contribution in [2.45, 2.75) is 96.3 Å². The lowest BCUT2D eigenvalue weighted by Crippen LogP contribution is -2.57. The number of carboxylic acid groups (broad SMARTS) is 1. The van der Waals surface area contributed by atoms with Gasteiger partial charge >= 0.3 is 5.97 Å². The molecular weight excluding hydrogens is 476 g/mol. The van der Waals surface area contributed by atoms with Crippen LogP contribution in [-0.4, -0.2) is 74.5 Å². The van der Waals surface area contributed by atoms with E-state index in [2.05, 4.69) is 25.1 Å². The van der Waals surface area contributed by atoms with Gasteiger partial charge in [0.25, 0.3) is 5.91 Å². The first-order chi connectivity index (χ1) is 17.4. The number of ketones is 1. The normalized spacial score (nSPS) is 44.0. The van der Waals surface area contributed by atoms with Gasteiger partial charge in [-0.3, -0.25) is 9.59 Å². The summed E-state index contributed by atoms with van der Waals surface area (Å²) in [6, 6.07) is -1.03. The summed E-state index contributed by atoms with van der Waals surface area (Å²) in [4.78, 5) is 42.8. The van der Waals surface area contributed by atoms with Crippen molar-refractivity contribution in [2.75, 3.05) is 13.2 Å². The van der Waals surface area contributed by atoms with E-state index in [9.17, 15) is 29.7 Å². The van der Waals surface area contributed by atoms with Crippen molar-refractivity contribution in [3.05, 3.63) is 11.6 Å². The SMILES string of the molecule is CC(=O)[C@@]1(O)CC[C@H]2[C@@H]3CCC4=CC(=NOCC(=O)N5C[C@H](O)C[C@@H]5C(=O)O)CC[C@]4(C)[C@H]3CC[C@@]21C. The number of carbonyl (C=O) groups excluding carboxylic acids is 2. The average Bonchev–Trinajstić information content (AvgIpc) is 3.37. The molecule has 3 N–H and O–H groups in total. The first-order valence-electron chi connectivity index (χ1n) is 13.7. The smallest absolute Gasteiger partial charge is 0.326 e. The number of carbonyl (C=O) groups is 3. The maximum atomic E-state index is 12.5. The Morgan fingerprint density at radius 2 is 1.84 bits per heavy atom. The number of fused-ring (bicyclic) bond motifs is 5. The standard InChI is InChI=1S/C28H40N2O7/c1-16(31)28(36)11-8-22-20-5-4-17-12-18(6-9-26(17,2)21(20)7-10-27(22,28)3)29-37-15-24(33)30-14-19(32)13-23(30)25(34)35/h12,19-23,32,36H,4-11,13-15H2,1-3H3,(H,34,35)/t19-,20-,21+,22+,23-,26+,27+,28+/m1/s1. The van der Waals surface area contributed by atoms with Gasteiger partial charge in [0.15, 0.2) is 12.4 Å². The van der Waals surface area contributed by atoms with Gasteiger partial charge in [-0.2, -0.15) is 0 Å². The Balaban J connectivity index is 1.26. The molecule has 4 aliphatic carbocycles. The Hall–Kier alpha value is -2.26. The number of carboxylic acids is 1. The summed E-state index contributed by atoms with van der Waals surface area (Å²) in [5, 5.41) is 34.6. The summed E-state index contributed by atoms with van der Waals surface area (Å²) in [7, 11) is 0. The summed E-state index contributed by atoms with van der Waals surface area (Å²) >= 11 is 0. The van der Waals surface area contributed by atoms with Gasteiger partial charge in [0.1, 0.15) is 11.6 Å². The highest BCUT2D eigenvalue weighted by atomic mass is 16.6. The topological polar surface area (TPSA) is 137 Å². The zero-order valence-electron chi connectivity index (χ0n) is 22.1. The van der Waals surface area contributed by atoms with Gasteiger partial charge < -0.3 is 25.1 Å². The third-order valence-corrected chi connectivity index (χ3v) is 11.0. The highest BCUT2D eigenvalue weighted by Crippen LogP contribution is 2.67. The molecule has 204 valence electrons. The van der Waals surface area contributed by atoms with E-state index in [0.717, 1.165) is 55.6 Å². The van der Waals surface area contributed by atoms with Crippen molar-refractivity contribution in [1.29, 1.82) is 0 Å². The number of amides is 1. The van der Waals surface area contributed by atoms with Gasteiger partial charge in [-0.15, -0.1) is 0 Å². The Bertz CT molecular complexity index is 1060. The number of allylic oxidation sites excluding steroid dienone is 2. The highest BCUT2D eigenvalue weighted by Gasteiger charge is 2.65. The number of oxime groups is 1. The number of hydrogen-bond acceptors (Lipinski definition) is 7. The van der Waals surface area contributed by atoms with Gasteiger partial charge in [-0.25, -0.2) is 4.79 Å². The van der Waals surface area contributed by atoms with Crippen LogP contribution in [0.1, 0.15) is 78.6 Å². The lowest BCUT2D eigenvalue weighted by molar-refractivity contribution is -0.159. The minimum absolute atomic E-state index is 0.00938. The molecule has 5 rings (SSSR count). The second-order valence-corrected chi connectivity index (χ2v) is 12.6. The maximum Gasteiger partial charge on any atom is 0.326 e. The first kappa shape index (κ1) is 26.4. The Morgan fingerprint density at radius 1 is 1.11 bits per heavy atom. The molecule has 0 unspecified atom stereocenters. The van der Waals surface area contributed by atoms with E-state index in [4.69, 9.17) is 4.84 Å². The van der Waals surface area contributed by atoms with Crippen LogP contribution in [0.4, 0.5) is 0 Å². The molecule has 0 aromatic carbocycles. The van der Waals surface area contributed by atoms with Crippen LogP contribution in [-0.2, 0) is 19.2 Å². The number of hydrogen-bond donors (Lipinski definition) is 3. The third kappa shape index (κ3) is 4.04. The molecule has 8 atom stereocenters. The number of aliphatic hydroxyl groups excluding tert-OH is 1. The van der Waals surface area contributed by atoms with Gasteiger partial charge in [0, 0.05) is 18.4 Å². The lowest BCUT2D eigenvalue weighted by atomic mass is 9.46. The molecule has 1 amide bonds. The molecule has 9 heteroatoms. The zero-order valence-corrected chi connectivity index (χ0v) is 22.1. The zero-order chi connectivity index (χ0) is 26.8. The fourth-order valence-electron chi connectivity index (χ4n) is 8.81. The van der Waals surface area contributed by atoms with Crippen LogP contribution in [0.15, 0.2) is 16.8 Å². The first-order valence-corrected chi connectivity index (χ1v) is 13.7. The third-order valence-electron chi connectivity index (χ3n) is 11.0. The van der Waals surface area contributed by atoms with Gasteiger partial charge in [0.05, 0.1) is 11.8 Å².